The van der Waals surface area contributed by atoms with E-state index in [1.807, 2.05) is 0 Å². The van der Waals surface area contributed by atoms with Crippen LogP contribution in [-0.4, -0.2) is 30.4 Å². The van der Waals surface area contributed by atoms with Gasteiger partial charge in [0.1, 0.15) is 5.75 Å². The molecule has 0 heterocycles. The third kappa shape index (κ3) is 6.34. The van der Waals surface area contributed by atoms with E-state index in [-0.39, 0.29) is 5.78 Å². The summed E-state index contributed by atoms with van der Waals surface area (Å²) in [4.78, 5) is 35.0. The highest BCUT2D eigenvalue weighted by molar-refractivity contribution is 5.94. The molecule has 0 radical (unpaired) electrons. The molecular weight excluding hydrogens is 391 g/mol. The van der Waals surface area contributed by atoms with Crippen molar-refractivity contribution < 1.29 is 37.0 Å². The van der Waals surface area contributed by atoms with Gasteiger partial charge in [-0.15, -0.1) is 0 Å². The number of ether oxygens (including phenoxy) is 2. The van der Waals surface area contributed by atoms with Gasteiger partial charge >= 0.3 is 12.1 Å². The summed E-state index contributed by atoms with van der Waals surface area (Å²) >= 11 is 0. The summed E-state index contributed by atoms with van der Waals surface area (Å²) in [6.07, 6.45) is -5.71. The van der Waals surface area contributed by atoms with Gasteiger partial charge in [-0.2, -0.15) is 13.2 Å². The number of halogens is 3. The third-order valence-corrected chi connectivity index (χ3v) is 3.76. The molecule has 0 aliphatic heterocycles. The molecule has 2 rings (SSSR count). The monoisotopic (exact) mass is 409 g/mol. The first-order valence-corrected chi connectivity index (χ1v) is 8.48. The Balaban J connectivity index is 1.88. The van der Waals surface area contributed by atoms with E-state index in [2.05, 4.69) is 5.32 Å². The molecule has 6 nitrogen and oxygen atoms in total. The Bertz CT molecular complexity index is 894. The van der Waals surface area contributed by atoms with Gasteiger partial charge < -0.3 is 14.8 Å². The van der Waals surface area contributed by atoms with Crippen LogP contribution in [0.5, 0.6) is 5.75 Å². The zero-order valence-electron chi connectivity index (χ0n) is 15.6. The van der Waals surface area contributed by atoms with Crippen molar-refractivity contribution in [2.24, 2.45) is 0 Å². The van der Waals surface area contributed by atoms with Crippen LogP contribution in [0.4, 0.5) is 18.9 Å². The summed E-state index contributed by atoms with van der Waals surface area (Å²) in [7, 11) is 0. The minimum atomic E-state index is -4.64. The summed E-state index contributed by atoms with van der Waals surface area (Å²) in [5.41, 5.74) is -0.968. The highest BCUT2D eigenvalue weighted by Crippen LogP contribution is 2.34. The van der Waals surface area contributed by atoms with Crippen LogP contribution in [0.25, 0.3) is 0 Å². The topological polar surface area (TPSA) is 81.7 Å². The number of benzene rings is 2. The van der Waals surface area contributed by atoms with Gasteiger partial charge in [0, 0.05) is 5.56 Å². The molecular formula is C20H18F3NO5. The zero-order chi connectivity index (χ0) is 21.6. The van der Waals surface area contributed by atoms with Crippen molar-refractivity contribution in [3.63, 3.8) is 0 Å². The van der Waals surface area contributed by atoms with Crippen LogP contribution in [0.2, 0.25) is 0 Å². The van der Waals surface area contributed by atoms with E-state index < -0.39 is 42.0 Å². The highest BCUT2D eigenvalue weighted by atomic mass is 19.4. The summed E-state index contributed by atoms with van der Waals surface area (Å²) in [6.45, 7) is 2.02. The number of anilines is 1. The maximum absolute atomic E-state index is 12.9. The number of carbonyl (C=O) groups excluding carboxylic acids is 3. The Morgan fingerprint density at radius 2 is 1.66 bits per heavy atom. The van der Waals surface area contributed by atoms with E-state index in [4.69, 9.17) is 9.47 Å². The summed E-state index contributed by atoms with van der Waals surface area (Å²) < 4.78 is 48.9. The molecule has 29 heavy (non-hydrogen) atoms. The molecule has 0 spiro atoms. The van der Waals surface area contributed by atoms with Crippen LogP contribution in [0, 0.1) is 0 Å². The fourth-order valence-corrected chi connectivity index (χ4v) is 2.30. The Morgan fingerprint density at radius 1 is 1.03 bits per heavy atom. The van der Waals surface area contributed by atoms with Gasteiger partial charge in [-0.25, -0.2) is 4.79 Å². The van der Waals surface area contributed by atoms with Crippen molar-refractivity contribution in [1.82, 2.24) is 0 Å². The fourth-order valence-electron chi connectivity index (χ4n) is 2.30. The van der Waals surface area contributed by atoms with Crippen molar-refractivity contribution in [3.8, 4) is 5.75 Å². The largest absolute Gasteiger partial charge is 0.479 e. The molecule has 1 amide bonds. The Hall–Kier alpha value is -3.36. The zero-order valence-corrected chi connectivity index (χ0v) is 15.6. The van der Waals surface area contributed by atoms with E-state index in [1.165, 1.54) is 50.2 Å². The summed E-state index contributed by atoms with van der Waals surface area (Å²) in [6, 6.07) is 10.5. The number of ketones is 1. The molecule has 9 heteroatoms. The van der Waals surface area contributed by atoms with Crippen molar-refractivity contribution in [2.75, 3.05) is 11.9 Å². The van der Waals surface area contributed by atoms with Crippen LogP contribution in [0.15, 0.2) is 48.5 Å². The van der Waals surface area contributed by atoms with Gasteiger partial charge in [-0.1, -0.05) is 12.1 Å². The Kier molecular flexibility index (Phi) is 6.98. The molecule has 2 aromatic carbocycles. The first-order chi connectivity index (χ1) is 13.6. The van der Waals surface area contributed by atoms with Crippen LogP contribution in [0.3, 0.4) is 0 Å². The van der Waals surface area contributed by atoms with Crippen LogP contribution < -0.4 is 10.1 Å². The Morgan fingerprint density at radius 3 is 2.24 bits per heavy atom. The van der Waals surface area contributed by atoms with E-state index in [1.54, 1.807) is 0 Å². The lowest BCUT2D eigenvalue weighted by Crippen LogP contribution is -2.30. The predicted molar refractivity (Wildman–Crippen MR) is 97.6 cm³/mol. The maximum Gasteiger partial charge on any atom is 0.418 e. The number of hydrogen-bond acceptors (Lipinski definition) is 5. The van der Waals surface area contributed by atoms with Gasteiger partial charge in [0.05, 0.1) is 11.3 Å². The first kappa shape index (κ1) is 21.9. The molecule has 154 valence electrons. The molecule has 0 aliphatic rings. The summed E-state index contributed by atoms with van der Waals surface area (Å²) in [5.74, 6) is -1.61. The average Bonchev–Trinajstić information content (AvgIpc) is 2.66. The number of carbonyl (C=O) groups is 3. The number of amides is 1. The SMILES string of the molecule is CC(=O)c1ccc(OC(C)C(=O)OCC(=O)Nc2ccccc2C(F)(F)F)cc1. The standard InChI is InChI=1S/C20H18F3NO5/c1-12(25)14-7-9-15(10-8-14)29-13(2)19(27)28-11-18(26)24-17-6-4-3-5-16(17)20(21,22)23/h3-10,13H,11H2,1-2H3,(H,24,26). The van der Waals surface area contributed by atoms with Crippen molar-refractivity contribution in [1.29, 1.82) is 0 Å². The lowest BCUT2D eigenvalue weighted by Gasteiger charge is -2.15. The molecule has 0 aromatic heterocycles. The number of nitrogens with one attached hydrogen (secondary N) is 1. The lowest BCUT2D eigenvalue weighted by molar-refractivity contribution is -0.153. The lowest BCUT2D eigenvalue weighted by atomic mass is 10.1. The average molecular weight is 409 g/mol. The van der Waals surface area contributed by atoms with Crippen LogP contribution in [0.1, 0.15) is 29.8 Å². The smallest absolute Gasteiger partial charge is 0.418 e. The number of esters is 1. The number of alkyl halides is 3. The maximum atomic E-state index is 12.9. The van der Waals surface area contributed by atoms with Crippen molar-refractivity contribution in [3.05, 3.63) is 59.7 Å². The second kappa shape index (κ2) is 9.22. The first-order valence-electron chi connectivity index (χ1n) is 8.48. The molecule has 0 aliphatic carbocycles. The fraction of sp³-hybridized carbons (Fsp3) is 0.250. The van der Waals surface area contributed by atoms with E-state index in [0.29, 0.717) is 11.3 Å². The van der Waals surface area contributed by atoms with Gasteiger partial charge in [-0.05, 0) is 50.2 Å². The molecule has 2 aromatic rings. The van der Waals surface area contributed by atoms with Crippen molar-refractivity contribution >= 4 is 23.3 Å². The van der Waals surface area contributed by atoms with E-state index in [9.17, 15) is 27.6 Å². The third-order valence-electron chi connectivity index (χ3n) is 3.76. The molecule has 1 atom stereocenters. The van der Waals surface area contributed by atoms with E-state index in [0.717, 1.165) is 12.1 Å². The number of hydrogen-bond donors (Lipinski definition) is 1. The van der Waals surface area contributed by atoms with Crippen LogP contribution >= 0.6 is 0 Å². The number of para-hydroxylation sites is 1. The molecule has 0 fully saturated rings. The van der Waals surface area contributed by atoms with Gasteiger partial charge in [0.25, 0.3) is 5.91 Å². The van der Waals surface area contributed by atoms with Crippen molar-refractivity contribution in [2.45, 2.75) is 26.1 Å². The van der Waals surface area contributed by atoms with E-state index >= 15 is 0 Å². The quantitative estimate of drug-likeness (QED) is 0.555. The second-order valence-electron chi connectivity index (χ2n) is 6.04. The van der Waals surface area contributed by atoms with Gasteiger partial charge in [-0.3, -0.25) is 9.59 Å². The minimum Gasteiger partial charge on any atom is -0.479 e. The molecule has 1 N–H and O–H groups in total. The molecule has 1 unspecified atom stereocenters. The molecule has 0 saturated carbocycles. The highest BCUT2D eigenvalue weighted by Gasteiger charge is 2.33. The summed E-state index contributed by atoms with van der Waals surface area (Å²) in [5, 5.41) is 2.07. The number of rotatable bonds is 7. The second-order valence-corrected chi connectivity index (χ2v) is 6.04. The van der Waals surface area contributed by atoms with Crippen LogP contribution in [-0.2, 0) is 20.5 Å². The molecule has 0 bridgehead atoms. The minimum absolute atomic E-state index is 0.123. The number of Topliss-reactive ketones (excluding diaryl/α,β-unsaturated/α-hetero) is 1. The van der Waals surface area contributed by atoms with Gasteiger partial charge in [0.15, 0.2) is 18.5 Å². The Labute approximate surface area is 164 Å². The molecule has 0 saturated heterocycles. The predicted octanol–water partition coefficient (Wildman–Crippen LogP) is 3.86. The van der Waals surface area contributed by atoms with Gasteiger partial charge in [0.2, 0.25) is 0 Å². The normalized spacial score (nSPS) is 12.0.